The van der Waals surface area contributed by atoms with E-state index in [0.29, 0.717) is 21.3 Å². The third kappa shape index (κ3) is 3.36. The molecule has 2 aromatic rings. The summed E-state index contributed by atoms with van der Waals surface area (Å²) in [6, 6.07) is 12.1. The van der Waals surface area contributed by atoms with E-state index in [9.17, 15) is 9.59 Å². The number of nitrogens with zero attached hydrogens (tertiary/aromatic N) is 1. The van der Waals surface area contributed by atoms with E-state index < -0.39 is 11.8 Å². The summed E-state index contributed by atoms with van der Waals surface area (Å²) in [5.41, 5.74) is 3.71. The van der Waals surface area contributed by atoms with E-state index in [-0.39, 0.29) is 5.57 Å². The molecule has 2 aromatic carbocycles. The first kappa shape index (κ1) is 16.3. The minimum atomic E-state index is -0.473. The van der Waals surface area contributed by atoms with Crippen molar-refractivity contribution in [3.8, 4) is 0 Å². The number of hydrazine groups is 1. The fraction of sp³-hybridized carbons (Fsp3) is 0. The Bertz CT molecular complexity index is 834. The summed E-state index contributed by atoms with van der Waals surface area (Å²) in [6.07, 6.45) is 1.46. The molecule has 1 heterocycles. The average molecular weight is 459 g/mol. The van der Waals surface area contributed by atoms with Gasteiger partial charge in [-0.15, -0.1) is 0 Å². The summed E-state index contributed by atoms with van der Waals surface area (Å²) < 4.78 is 1.04. The van der Waals surface area contributed by atoms with Crippen molar-refractivity contribution in [2.75, 3.05) is 5.01 Å². The molecule has 0 saturated carbocycles. The van der Waals surface area contributed by atoms with Crippen LogP contribution in [0, 0.1) is 3.57 Å². The van der Waals surface area contributed by atoms with E-state index in [4.69, 9.17) is 23.2 Å². The van der Waals surface area contributed by atoms with Crippen LogP contribution in [-0.4, -0.2) is 11.8 Å². The largest absolute Gasteiger partial charge is 0.282 e. The summed E-state index contributed by atoms with van der Waals surface area (Å²) in [4.78, 5) is 24.6. The maximum Gasteiger partial charge on any atom is 0.282 e. The highest BCUT2D eigenvalue weighted by Crippen LogP contribution is 2.26. The second-order valence-electron chi connectivity index (χ2n) is 4.78. The van der Waals surface area contributed by atoms with E-state index >= 15 is 0 Å². The van der Waals surface area contributed by atoms with Gasteiger partial charge in [-0.3, -0.25) is 15.0 Å². The number of hydrogen-bond acceptors (Lipinski definition) is 2. The first-order chi connectivity index (χ1) is 11.0. The molecule has 2 amide bonds. The number of amides is 2. The van der Waals surface area contributed by atoms with Crippen LogP contribution in [0.3, 0.4) is 0 Å². The first-order valence-electron chi connectivity index (χ1n) is 6.53. The zero-order valence-corrected chi connectivity index (χ0v) is 15.2. The molecule has 1 N–H and O–H groups in total. The number of anilines is 1. The summed E-state index contributed by atoms with van der Waals surface area (Å²) >= 11 is 14.1. The second-order valence-corrected chi connectivity index (χ2v) is 6.87. The number of hydrogen-bond donors (Lipinski definition) is 1. The average Bonchev–Trinajstić information content (AvgIpc) is 2.78. The maximum absolute atomic E-state index is 12.5. The van der Waals surface area contributed by atoms with Gasteiger partial charge in [-0.2, -0.15) is 0 Å². The number of benzene rings is 2. The smallest absolute Gasteiger partial charge is 0.267 e. The molecule has 0 radical (unpaired) electrons. The van der Waals surface area contributed by atoms with E-state index in [1.807, 2.05) is 12.1 Å². The number of carbonyl (C=O) groups excluding carboxylic acids is 2. The molecular formula is C16H9Cl2IN2O2. The molecule has 3 rings (SSSR count). The Balaban J connectivity index is 1.95. The van der Waals surface area contributed by atoms with Gasteiger partial charge in [0.2, 0.25) is 0 Å². The standard InChI is InChI=1S/C16H9Cl2IN2O2/c17-10-2-1-9(14(18)8-10)7-13-15(22)20-21(16(13)23)12-5-3-11(19)4-6-12/h1-8H,(H,20,22). The molecule has 0 aliphatic carbocycles. The van der Waals surface area contributed by atoms with Crippen LogP contribution in [0.25, 0.3) is 6.08 Å². The summed E-state index contributed by atoms with van der Waals surface area (Å²) in [7, 11) is 0. The van der Waals surface area contributed by atoms with Gasteiger partial charge in [0.25, 0.3) is 11.8 Å². The molecular weight excluding hydrogens is 450 g/mol. The Morgan fingerprint density at radius 3 is 2.39 bits per heavy atom. The molecule has 0 spiro atoms. The zero-order chi connectivity index (χ0) is 16.6. The third-order valence-corrected chi connectivity index (χ3v) is 4.52. The number of rotatable bonds is 2. The zero-order valence-electron chi connectivity index (χ0n) is 11.5. The topological polar surface area (TPSA) is 49.4 Å². The summed E-state index contributed by atoms with van der Waals surface area (Å²) in [5.74, 6) is -0.901. The molecule has 0 bridgehead atoms. The SMILES string of the molecule is O=C1NN(c2ccc(I)cc2)C(=O)C1=Cc1ccc(Cl)cc1Cl. The predicted octanol–water partition coefficient (Wildman–Crippen LogP) is 4.06. The van der Waals surface area contributed by atoms with Gasteiger partial charge in [-0.05, 0) is 70.6 Å². The quantitative estimate of drug-likeness (QED) is 0.419. The van der Waals surface area contributed by atoms with Crippen LogP contribution in [0.2, 0.25) is 10.0 Å². The van der Waals surface area contributed by atoms with Gasteiger partial charge in [0, 0.05) is 13.6 Å². The third-order valence-electron chi connectivity index (χ3n) is 3.24. The van der Waals surface area contributed by atoms with Crippen LogP contribution in [0.5, 0.6) is 0 Å². The first-order valence-corrected chi connectivity index (χ1v) is 8.37. The fourth-order valence-corrected chi connectivity index (χ4v) is 2.93. The molecule has 0 aromatic heterocycles. The van der Waals surface area contributed by atoms with Crippen LogP contribution in [-0.2, 0) is 9.59 Å². The van der Waals surface area contributed by atoms with Crippen molar-refractivity contribution in [1.29, 1.82) is 0 Å². The molecule has 7 heteroatoms. The number of nitrogens with one attached hydrogen (secondary N) is 1. The van der Waals surface area contributed by atoms with Gasteiger partial charge in [0.1, 0.15) is 5.57 Å². The normalized spacial score (nSPS) is 16.1. The molecule has 1 aliphatic heterocycles. The molecule has 23 heavy (non-hydrogen) atoms. The summed E-state index contributed by atoms with van der Waals surface area (Å²) in [6.45, 7) is 0. The molecule has 1 saturated heterocycles. The van der Waals surface area contributed by atoms with Crippen LogP contribution in [0.15, 0.2) is 48.0 Å². The van der Waals surface area contributed by atoms with Gasteiger partial charge < -0.3 is 0 Å². The van der Waals surface area contributed by atoms with Crippen molar-refractivity contribution >= 4 is 69.4 Å². The lowest BCUT2D eigenvalue weighted by molar-refractivity contribution is -0.117. The van der Waals surface area contributed by atoms with E-state index in [1.165, 1.54) is 11.1 Å². The lowest BCUT2D eigenvalue weighted by atomic mass is 10.1. The van der Waals surface area contributed by atoms with E-state index in [1.54, 1.807) is 30.3 Å². The van der Waals surface area contributed by atoms with Gasteiger partial charge in [-0.1, -0.05) is 29.3 Å². The van der Waals surface area contributed by atoms with Crippen molar-refractivity contribution in [1.82, 2.24) is 5.43 Å². The lowest BCUT2D eigenvalue weighted by Gasteiger charge is -2.14. The molecule has 116 valence electrons. The predicted molar refractivity (Wildman–Crippen MR) is 99.2 cm³/mol. The molecule has 4 nitrogen and oxygen atoms in total. The highest BCUT2D eigenvalue weighted by atomic mass is 127. The molecule has 1 aliphatic rings. The van der Waals surface area contributed by atoms with Gasteiger partial charge in [-0.25, -0.2) is 5.01 Å². The van der Waals surface area contributed by atoms with Crippen LogP contribution in [0.1, 0.15) is 5.56 Å². The van der Waals surface area contributed by atoms with Crippen molar-refractivity contribution in [3.63, 3.8) is 0 Å². The minimum absolute atomic E-state index is 0.0211. The van der Waals surface area contributed by atoms with Crippen molar-refractivity contribution in [2.45, 2.75) is 0 Å². The highest BCUT2D eigenvalue weighted by molar-refractivity contribution is 14.1. The number of halogens is 3. The monoisotopic (exact) mass is 458 g/mol. The van der Waals surface area contributed by atoms with Gasteiger partial charge in [0.05, 0.1) is 5.69 Å². The molecule has 1 fully saturated rings. The Labute approximate surface area is 156 Å². The van der Waals surface area contributed by atoms with Crippen LogP contribution in [0.4, 0.5) is 5.69 Å². The maximum atomic E-state index is 12.5. The van der Waals surface area contributed by atoms with E-state index in [2.05, 4.69) is 28.0 Å². The molecule has 0 atom stereocenters. The lowest BCUT2D eigenvalue weighted by Crippen LogP contribution is -2.35. The van der Waals surface area contributed by atoms with Crippen molar-refractivity contribution < 1.29 is 9.59 Å². The molecule has 0 unspecified atom stereocenters. The fourth-order valence-electron chi connectivity index (χ4n) is 2.10. The van der Waals surface area contributed by atoms with Gasteiger partial charge in [0.15, 0.2) is 0 Å². The van der Waals surface area contributed by atoms with Gasteiger partial charge >= 0.3 is 0 Å². The highest BCUT2D eigenvalue weighted by Gasteiger charge is 2.34. The second kappa shape index (κ2) is 6.51. The Hall–Kier alpha value is -1.57. The van der Waals surface area contributed by atoms with Crippen molar-refractivity contribution in [2.24, 2.45) is 0 Å². The minimum Gasteiger partial charge on any atom is -0.267 e. The van der Waals surface area contributed by atoms with Crippen LogP contribution < -0.4 is 10.4 Å². The van der Waals surface area contributed by atoms with Crippen LogP contribution >= 0.6 is 45.8 Å². The Kier molecular flexibility index (Phi) is 4.61. The number of carbonyl (C=O) groups is 2. The Morgan fingerprint density at radius 2 is 1.74 bits per heavy atom. The summed E-state index contributed by atoms with van der Waals surface area (Å²) in [5, 5.41) is 2.08. The van der Waals surface area contributed by atoms with Crippen molar-refractivity contribution in [3.05, 3.63) is 67.2 Å². The Morgan fingerprint density at radius 1 is 1.04 bits per heavy atom. The van der Waals surface area contributed by atoms with E-state index in [0.717, 1.165) is 3.57 Å².